The first-order chi connectivity index (χ1) is 12.8. The second-order valence-corrected chi connectivity index (χ2v) is 7.72. The minimum Gasteiger partial charge on any atom is -0.341 e. The van der Waals surface area contributed by atoms with Crippen LogP contribution in [0.25, 0.3) is 0 Å². The maximum Gasteiger partial charge on any atom is 0.408 e. The van der Waals surface area contributed by atoms with Gasteiger partial charge in [0.15, 0.2) is 0 Å². The summed E-state index contributed by atoms with van der Waals surface area (Å²) in [5, 5.41) is 3.72. The van der Waals surface area contributed by atoms with Gasteiger partial charge in [0.2, 0.25) is 0 Å². The van der Waals surface area contributed by atoms with E-state index in [0.29, 0.717) is 25.1 Å². The third kappa shape index (κ3) is 4.68. The molecule has 0 spiro atoms. The summed E-state index contributed by atoms with van der Waals surface area (Å²) in [6, 6.07) is 2.24. The van der Waals surface area contributed by atoms with E-state index >= 15 is 0 Å². The molecule has 0 radical (unpaired) electrons. The number of nitrogens with zero attached hydrogens (tertiary/aromatic N) is 2. The normalized spacial score (nSPS) is 16.0. The molecule has 1 aliphatic rings. The summed E-state index contributed by atoms with van der Waals surface area (Å²) in [5.74, 6) is -0.650. The fraction of sp³-hybridized carbons (Fsp3) is 0.474. The van der Waals surface area contributed by atoms with E-state index in [4.69, 9.17) is 0 Å². The number of hydrogen-bond donors (Lipinski definition) is 1. The number of halogens is 3. The van der Waals surface area contributed by atoms with Gasteiger partial charge in [-0.15, -0.1) is 11.3 Å². The summed E-state index contributed by atoms with van der Waals surface area (Å²) in [4.78, 5) is 20.0. The molecule has 27 heavy (non-hydrogen) atoms. The number of aryl methyl sites for hydroxylation is 1. The second-order valence-electron chi connectivity index (χ2n) is 6.76. The van der Waals surface area contributed by atoms with E-state index in [0.717, 1.165) is 36.0 Å². The average Bonchev–Trinajstić information content (AvgIpc) is 3.05. The number of amides is 1. The molecule has 0 unspecified atom stereocenters. The van der Waals surface area contributed by atoms with E-state index in [-0.39, 0.29) is 0 Å². The van der Waals surface area contributed by atoms with Crippen LogP contribution in [0.5, 0.6) is 0 Å². The molecular formula is C19H22F3N3OS. The van der Waals surface area contributed by atoms with Gasteiger partial charge in [0, 0.05) is 36.1 Å². The number of aromatic nitrogens is 1. The van der Waals surface area contributed by atoms with Crippen molar-refractivity contribution in [2.24, 2.45) is 0 Å². The van der Waals surface area contributed by atoms with Crippen molar-refractivity contribution in [1.82, 2.24) is 15.2 Å². The Labute approximate surface area is 160 Å². The third-order valence-corrected chi connectivity index (χ3v) is 5.80. The lowest BCUT2D eigenvalue weighted by Gasteiger charge is -2.27. The van der Waals surface area contributed by atoms with Crippen LogP contribution in [0.1, 0.15) is 45.9 Å². The zero-order valence-electron chi connectivity index (χ0n) is 15.3. The Morgan fingerprint density at radius 2 is 2.19 bits per heavy atom. The summed E-state index contributed by atoms with van der Waals surface area (Å²) >= 11 is 1.43. The number of alkyl halides is 3. The van der Waals surface area contributed by atoms with Gasteiger partial charge < -0.3 is 5.32 Å². The van der Waals surface area contributed by atoms with Gasteiger partial charge in [0.1, 0.15) is 6.04 Å². The second kappa shape index (κ2) is 7.98. The Morgan fingerprint density at radius 3 is 2.81 bits per heavy atom. The van der Waals surface area contributed by atoms with Crippen LogP contribution in [0.4, 0.5) is 13.2 Å². The van der Waals surface area contributed by atoms with Gasteiger partial charge in [-0.3, -0.25) is 14.7 Å². The quantitative estimate of drug-likeness (QED) is 0.831. The first-order valence-electron chi connectivity index (χ1n) is 8.91. The molecule has 1 atom stereocenters. The molecule has 146 valence electrons. The molecule has 2 aromatic rings. The van der Waals surface area contributed by atoms with Crippen LogP contribution in [-0.4, -0.2) is 34.6 Å². The monoisotopic (exact) mass is 397 g/mol. The Balaban J connectivity index is 1.65. The minimum absolute atomic E-state index is 0.371. The van der Waals surface area contributed by atoms with E-state index in [1.54, 1.807) is 5.38 Å². The smallest absolute Gasteiger partial charge is 0.341 e. The van der Waals surface area contributed by atoms with E-state index in [1.807, 2.05) is 12.3 Å². The molecular weight excluding hydrogens is 375 g/mol. The maximum absolute atomic E-state index is 12.7. The van der Waals surface area contributed by atoms with Gasteiger partial charge in [-0.25, -0.2) is 0 Å². The topological polar surface area (TPSA) is 45.2 Å². The highest BCUT2D eigenvalue weighted by atomic mass is 32.1. The van der Waals surface area contributed by atoms with Gasteiger partial charge in [-0.05, 0) is 37.0 Å². The molecule has 8 heteroatoms. The van der Waals surface area contributed by atoms with Crippen molar-refractivity contribution in [2.75, 3.05) is 6.54 Å². The summed E-state index contributed by atoms with van der Waals surface area (Å²) in [6.45, 7) is 5.18. The lowest BCUT2D eigenvalue weighted by molar-refractivity contribution is -0.149. The number of pyridine rings is 1. The lowest BCUT2D eigenvalue weighted by Crippen LogP contribution is -2.43. The number of fused-ring (bicyclic) bond motifs is 1. The molecule has 0 aromatic carbocycles. The highest BCUT2D eigenvalue weighted by Crippen LogP contribution is 2.30. The summed E-state index contributed by atoms with van der Waals surface area (Å²) in [5.41, 5.74) is 3.43. The number of hydrogen-bond acceptors (Lipinski definition) is 4. The molecule has 0 bridgehead atoms. The number of nitrogens with one attached hydrogen (secondary N) is 1. The highest BCUT2D eigenvalue weighted by Gasteiger charge is 2.37. The number of carbonyl (C=O) groups excluding carboxylic acids is 1. The lowest BCUT2D eigenvalue weighted by atomic mass is 10.0. The van der Waals surface area contributed by atoms with Crippen molar-refractivity contribution >= 4 is 17.2 Å². The molecule has 1 aliphatic heterocycles. The Kier molecular flexibility index (Phi) is 5.86. The van der Waals surface area contributed by atoms with Crippen molar-refractivity contribution in [3.8, 4) is 0 Å². The van der Waals surface area contributed by atoms with Crippen molar-refractivity contribution in [3.05, 3.63) is 51.0 Å². The molecule has 3 heterocycles. The SMILES string of the molecule is CCc1ccc(CN2CCc3c(C(=O)N[C@H](C)C(F)(F)F)csc3C2)nc1. The largest absolute Gasteiger partial charge is 0.408 e. The fourth-order valence-corrected chi connectivity index (χ4v) is 4.17. The van der Waals surface area contributed by atoms with Crippen LogP contribution < -0.4 is 5.32 Å². The Hall–Kier alpha value is -1.93. The van der Waals surface area contributed by atoms with Crippen LogP contribution in [-0.2, 0) is 25.9 Å². The van der Waals surface area contributed by atoms with Crippen LogP contribution in [0.15, 0.2) is 23.7 Å². The summed E-state index contributed by atoms with van der Waals surface area (Å²) in [7, 11) is 0. The fourth-order valence-electron chi connectivity index (χ4n) is 3.05. The molecule has 0 fully saturated rings. The van der Waals surface area contributed by atoms with Gasteiger partial charge in [0.05, 0.1) is 11.3 Å². The van der Waals surface area contributed by atoms with Crippen LogP contribution >= 0.6 is 11.3 Å². The molecule has 0 saturated heterocycles. The van der Waals surface area contributed by atoms with Gasteiger partial charge in [0.25, 0.3) is 5.91 Å². The summed E-state index contributed by atoms with van der Waals surface area (Å²) in [6.07, 6.45) is -0.953. The van der Waals surface area contributed by atoms with Crippen molar-refractivity contribution in [1.29, 1.82) is 0 Å². The molecule has 0 saturated carbocycles. The number of rotatable bonds is 5. The molecule has 1 N–H and O–H groups in total. The Bertz CT molecular complexity index is 802. The number of thiophene rings is 1. The minimum atomic E-state index is -4.44. The van der Waals surface area contributed by atoms with Crippen molar-refractivity contribution < 1.29 is 18.0 Å². The van der Waals surface area contributed by atoms with Crippen molar-refractivity contribution in [3.63, 3.8) is 0 Å². The molecule has 2 aromatic heterocycles. The predicted molar refractivity (Wildman–Crippen MR) is 98.7 cm³/mol. The van der Waals surface area contributed by atoms with E-state index in [1.165, 1.54) is 16.9 Å². The number of carbonyl (C=O) groups is 1. The zero-order valence-corrected chi connectivity index (χ0v) is 16.1. The van der Waals surface area contributed by atoms with Crippen molar-refractivity contribution in [2.45, 2.75) is 52.0 Å². The zero-order chi connectivity index (χ0) is 19.6. The van der Waals surface area contributed by atoms with Gasteiger partial charge >= 0.3 is 6.18 Å². The first kappa shape index (κ1) is 19.8. The van der Waals surface area contributed by atoms with Gasteiger partial charge in [-0.2, -0.15) is 13.2 Å². The molecule has 4 nitrogen and oxygen atoms in total. The standard InChI is InChI=1S/C19H22F3N3OS/c1-3-13-4-5-14(23-8-13)9-25-7-6-15-16(11-27-17(15)10-25)18(26)24-12(2)19(20,21)22/h4-5,8,11-12H,3,6-7,9-10H2,1-2H3,(H,24,26)/t12-/m1/s1. The maximum atomic E-state index is 12.7. The third-order valence-electron chi connectivity index (χ3n) is 4.79. The molecule has 3 rings (SSSR count). The van der Waals surface area contributed by atoms with E-state index < -0.39 is 18.1 Å². The van der Waals surface area contributed by atoms with Gasteiger partial charge in [-0.1, -0.05) is 13.0 Å². The van der Waals surface area contributed by atoms with E-state index in [9.17, 15) is 18.0 Å². The molecule has 0 aliphatic carbocycles. The highest BCUT2D eigenvalue weighted by molar-refractivity contribution is 7.10. The average molecular weight is 397 g/mol. The molecule has 1 amide bonds. The van der Waals surface area contributed by atoms with Crippen LogP contribution in [0, 0.1) is 0 Å². The predicted octanol–water partition coefficient (Wildman–Crippen LogP) is 3.94. The Morgan fingerprint density at radius 1 is 1.41 bits per heavy atom. The summed E-state index contributed by atoms with van der Waals surface area (Å²) < 4.78 is 38.0. The van der Waals surface area contributed by atoms with Crippen LogP contribution in [0.2, 0.25) is 0 Å². The first-order valence-corrected chi connectivity index (χ1v) is 9.79. The van der Waals surface area contributed by atoms with Crippen LogP contribution in [0.3, 0.4) is 0 Å². The van der Waals surface area contributed by atoms with E-state index in [2.05, 4.69) is 28.2 Å².